The first-order valence-electron chi connectivity index (χ1n) is 7.45. The zero-order valence-electron chi connectivity index (χ0n) is 11.7. The molecule has 106 valence electrons. The summed E-state index contributed by atoms with van der Waals surface area (Å²) in [6.45, 7) is 4.01. The zero-order chi connectivity index (χ0) is 13.9. The molecular formula is C16H21N3O. The van der Waals surface area contributed by atoms with Gasteiger partial charge in [-0.3, -0.25) is 4.90 Å². The molecular weight excluding hydrogens is 250 g/mol. The van der Waals surface area contributed by atoms with Gasteiger partial charge in [-0.15, -0.1) is 0 Å². The Morgan fingerprint density at radius 3 is 2.75 bits per heavy atom. The van der Waals surface area contributed by atoms with E-state index >= 15 is 0 Å². The summed E-state index contributed by atoms with van der Waals surface area (Å²) in [7, 11) is 0. The molecule has 2 N–H and O–H groups in total. The van der Waals surface area contributed by atoms with E-state index in [4.69, 9.17) is 5.26 Å². The summed E-state index contributed by atoms with van der Waals surface area (Å²) in [5.74, 6) is 1.12. The molecule has 1 aromatic carbocycles. The van der Waals surface area contributed by atoms with E-state index in [2.05, 4.69) is 16.3 Å². The van der Waals surface area contributed by atoms with E-state index in [1.54, 1.807) is 12.1 Å². The first-order chi connectivity index (χ1) is 9.78. The standard InChI is InChI=1S/C16H21N3O/c17-11-13-3-4-16(20)14(9-13)15(10-12-1-2-12)19-7-5-18-6-8-19/h3-4,9,12,15,18,20H,1-2,5-8,10H2/t15-/m1/s1. The molecule has 1 saturated heterocycles. The second kappa shape index (κ2) is 5.82. The summed E-state index contributed by atoms with van der Waals surface area (Å²) in [6.07, 6.45) is 3.71. The number of benzene rings is 1. The van der Waals surface area contributed by atoms with Crippen LogP contribution in [0.15, 0.2) is 18.2 Å². The molecule has 2 fully saturated rings. The van der Waals surface area contributed by atoms with Crippen LogP contribution in [0.25, 0.3) is 0 Å². The Hall–Kier alpha value is -1.57. The van der Waals surface area contributed by atoms with E-state index in [9.17, 15) is 5.11 Å². The summed E-state index contributed by atoms with van der Waals surface area (Å²) < 4.78 is 0. The molecule has 0 aromatic heterocycles. The summed E-state index contributed by atoms with van der Waals surface area (Å²) in [5.41, 5.74) is 1.56. The fourth-order valence-electron chi connectivity index (χ4n) is 3.03. The highest BCUT2D eigenvalue weighted by atomic mass is 16.3. The smallest absolute Gasteiger partial charge is 0.120 e. The lowest BCUT2D eigenvalue weighted by molar-refractivity contribution is 0.158. The lowest BCUT2D eigenvalue weighted by atomic mass is 9.96. The summed E-state index contributed by atoms with van der Waals surface area (Å²) in [4.78, 5) is 2.45. The van der Waals surface area contributed by atoms with Gasteiger partial charge in [-0.25, -0.2) is 0 Å². The van der Waals surface area contributed by atoms with E-state index < -0.39 is 0 Å². The monoisotopic (exact) mass is 271 g/mol. The van der Waals surface area contributed by atoms with E-state index in [0.717, 1.165) is 44.1 Å². The van der Waals surface area contributed by atoms with Gasteiger partial charge in [0.15, 0.2) is 0 Å². The highest BCUT2D eigenvalue weighted by Crippen LogP contribution is 2.42. The number of piperazine rings is 1. The van der Waals surface area contributed by atoms with Crippen molar-refractivity contribution in [2.75, 3.05) is 26.2 Å². The lowest BCUT2D eigenvalue weighted by Gasteiger charge is -2.35. The predicted octanol–water partition coefficient (Wildman–Crippen LogP) is 2.01. The van der Waals surface area contributed by atoms with Crippen LogP contribution in [-0.2, 0) is 0 Å². The van der Waals surface area contributed by atoms with E-state index in [-0.39, 0.29) is 6.04 Å². The largest absolute Gasteiger partial charge is 0.508 e. The van der Waals surface area contributed by atoms with Crippen LogP contribution in [0.5, 0.6) is 5.75 Å². The predicted molar refractivity (Wildman–Crippen MR) is 77.3 cm³/mol. The topological polar surface area (TPSA) is 59.3 Å². The number of phenolic OH excluding ortho intramolecular Hbond substituents is 1. The summed E-state index contributed by atoms with van der Waals surface area (Å²) in [6, 6.07) is 7.64. The number of phenols is 1. The van der Waals surface area contributed by atoms with E-state index in [1.165, 1.54) is 12.8 Å². The maximum absolute atomic E-state index is 10.2. The second-order valence-corrected chi connectivity index (χ2v) is 5.87. The van der Waals surface area contributed by atoms with E-state index in [1.807, 2.05) is 6.07 Å². The molecule has 1 aromatic rings. The number of aromatic hydroxyl groups is 1. The Balaban J connectivity index is 1.88. The van der Waals surface area contributed by atoms with E-state index in [0.29, 0.717) is 11.3 Å². The van der Waals surface area contributed by atoms with Crippen LogP contribution >= 0.6 is 0 Å². The minimum absolute atomic E-state index is 0.248. The molecule has 0 bridgehead atoms. The minimum Gasteiger partial charge on any atom is -0.508 e. The van der Waals surface area contributed by atoms with Gasteiger partial charge in [-0.2, -0.15) is 5.26 Å². The Kier molecular flexibility index (Phi) is 3.90. The van der Waals surface area contributed by atoms with Crippen molar-refractivity contribution in [3.8, 4) is 11.8 Å². The maximum atomic E-state index is 10.2. The SMILES string of the molecule is N#Cc1ccc(O)c([C@@H](CC2CC2)N2CCNCC2)c1. The molecule has 3 rings (SSSR count). The van der Waals surface area contributed by atoms with Gasteiger partial charge in [0.05, 0.1) is 11.6 Å². The fourth-order valence-corrected chi connectivity index (χ4v) is 3.03. The van der Waals surface area contributed by atoms with Gasteiger partial charge in [0.25, 0.3) is 0 Å². The van der Waals surface area contributed by atoms with Gasteiger partial charge in [0.1, 0.15) is 5.75 Å². The highest BCUT2D eigenvalue weighted by molar-refractivity contribution is 5.43. The molecule has 0 radical (unpaired) electrons. The van der Waals surface area contributed by atoms with Gasteiger partial charge in [0, 0.05) is 37.8 Å². The van der Waals surface area contributed by atoms with Crippen molar-refractivity contribution in [2.45, 2.75) is 25.3 Å². The second-order valence-electron chi connectivity index (χ2n) is 5.87. The normalized spacial score (nSPS) is 21.4. The molecule has 20 heavy (non-hydrogen) atoms. The van der Waals surface area contributed by atoms with Crippen LogP contribution in [0.2, 0.25) is 0 Å². The van der Waals surface area contributed by atoms with Crippen molar-refractivity contribution in [2.24, 2.45) is 5.92 Å². The van der Waals surface area contributed by atoms with Crippen LogP contribution in [0, 0.1) is 17.2 Å². The number of rotatable bonds is 4. The lowest BCUT2D eigenvalue weighted by Crippen LogP contribution is -2.45. The Labute approximate surface area is 120 Å². The van der Waals surface area contributed by atoms with Crippen molar-refractivity contribution in [1.29, 1.82) is 5.26 Å². The van der Waals surface area contributed by atoms with Crippen LogP contribution in [0.4, 0.5) is 0 Å². The molecule has 1 aliphatic heterocycles. The quantitative estimate of drug-likeness (QED) is 0.879. The number of nitrogens with zero attached hydrogens (tertiary/aromatic N) is 2. The molecule has 0 spiro atoms. The van der Waals surface area contributed by atoms with Crippen molar-refractivity contribution >= 4 is 0 Å². The minimum atomic E-state index is 0.248. The molecule has 1 heterocycles. The number of hydrogen-bond acceptors (Lipinski definition) is 4. The van der Waals surface area contributed by atoms with Crippen molar-refractivity contribution in [1.82, 2.24) is 10.2 Å². The maximum Gasteiger partial charge on any atom is 0.120 e. The van der Waals surface area contributed by atoms with Crippen LogP contribution in [-0.4, -0.2) is 36.2 Å². The summed E-state index contributed by atoms with van der Waals surface area (Å²) >= 11 is 0. The summed E-state index contributed by atoms with van der Waals surface area (Å²) in [5, 5.41) is 22.7. The third-order valence-electron chi connectivity index (χ3n) is 4.36. The van der Waals surface area contributed by atoms with Crippen LogP contribution < -0.4 is 5.32 Å². The molecule has 0 amide bonds. The molecule has 0 unspecified atom stereocenters. The van der Waals surface area contributed by atoms with Gasteiger partial charge in [0.2, 0.25) is 0 Å². The Morgan fingerprint density at radius 1 is 1.35 bits per heavy atom. The van der Waals surface area contributed by atoms with Gasteiger partial charge in [-0.05, 0) is 30.5 Å². The van der Waals surface area contributed by atoms with Crippen molar-refractivity contribution in [3.05, 3.63) is 29.3 Å². The van der Waals surface area contributed by atoms with Crippen LogP contribution in [0.1, 0.15) is 36.4 Å². The number of hydrogen-bond donors (Lipinski definition) is 2. The Morgan fingerprint density at radius 2 is 2.10 bits per heavy atom. The van der Waals surface area contributed by atoms with Gasteiger partial charge >= 0.3 is 0 Å². The van der Waals surface area contributed by atoms with Crippen molar-refractivity contribution < 1.29 is 5.11 Å². The Bertz CT molecular complexity index is 513. The highest BCUT2D eigenvalue weighted by Gasteiger charge is 2.31. The molecule has 4 heteroatoms. The first kappa shape index (κ1) is 13.4. The van der Waals surface area contributed by atoms with Gasteiger partial charge < -0.3 is 10.4 Å². The zero-order valence-corrected chi connectivity index (χ0v) is 11.7. The fraction of sp³-hybridized carbons (Fsp3) is 0.562. The molecule has 1 saturated carbocycles. The first-order valence-corrected chi connectivity index (χ1v) is 7.45. The van der Waals surface area contributed by atoms with Crippen molar-refractivity contribution in [3.63, 3.8) is 0 Å². The average Bonchev–Trinajstić information content (AvgIpc) is 3.31. The van der Waals surface area contributed by atoms with Crippen LogP contribution in [0.3, 0.4) is 0 Å². The number of nitriles is 1. The third kappa shape index (κ3) is 2.95. The molecule has 1 aliphatic carbocycles. The third-order valence-corrected chi connectivity index (χ3v) is 4.36. The number of nitrogens with one attached hydrogen (secondary N) is 1. The molecule has 2 aliphatic rings. The molecule has 4 nitrogen and oxygen atoms in total. The van der Waals surface area contributed by atoms with Gasteiger partial charge in [-0.1, -0.05) is 12.8 Å². The molecule has 1 atom stereocenters. The average molecular weight is 271 g/mol.